The lowest BCUT2D eigenvalue weighted by atomic mass is 9.97. The molecule has 0 saturated carbocycles. The van der Waals surface area contributed by atoms with Crippen molar-refractivity contribution in [3.8, 4) is 5.75 Å². The van der Waals surface area contributed by atoms with Crippen molar-refractivity contribution < 1.29 is 13.2 Å². The van der Waals surface area contributed by atoms with Gasteiger partial charge in [-0.2, -0.15) is 5.10 Å². The van der Waals surface area contributed by atoms with Gasteiger partial charge in [0.25, 0.3) is 0 Å². The molecule has 3 rings (SSSR count). The number of ether oxygens (including phenoxy) is 1. The molecule has 1 aromatic carbocycles. The molecule has 2 heterocycles. The summed E-state index contributed by atoms with van der Waals surface area (Å²) in [7, 11) is -0.123. The number of aromatic amines is 1. The normalized spacial score (nSPS) is 18.7. The van der Waals surface area contributed by atoms with Crippen molar-refractivity contribution in [2.75, 3.05) is 40.3 Å². The van der Waals surface area contributed by atoms with Crippen molar-refractivity contribution in [1.82, 2.24) is 19.4 Å². The summed E-state index contributed by atoms with van der Waals surface area (Å²) < 4.78 is 32.0. The predicted octanol–water partition coefficient (Wildman–Crippen LogP) is 1.99. The third-order valence-electron chi connectivity index (χ3n) is 5.19. The molecule has 0 amide bonds. The standard InChI is InChI=1S/C19H28N4O3S/c1-22(27(24,25)18-12-20-21-13-18)14-16-6-5-10-23(15-16)11-9-17-7-3-4-8-19(17)26-2/h3-4,7-8,12-13,16H,5-6,9-11,14-15H2,1-2H3,(H,20,21)/t16-/m1/s1. The van der Waals surface area contributed by atoms with Crippen molar-refractivity contribution in [3.63, 3.8) is 0 Å². The summed E-state index contributed by atoms with van der Waals surface area (Å²) in [4.78, 5) is 2.65. The molecule has 8 heteroatoms. The van der Waals surface area contributed by atoms with Gasteiger partial charge in [0, 0.05) is 32.9 Å². The number of rotatable bonds is 8. The van der Waals surface area contributed by atoms with Crippen molar-refractivity contribution in [2.45, 2.75) is 24.2 Å². The SMILES string of the molecule is COc1ccccc1CCN1CCC[C@H](CN(C)S(=O)(=O)c2cn[nH]c2)C1. The molecular formula is C19H28N4O3S. The largest absolute Gasteiger partial charge is 0.496 e. The third-order valence-corrected chi connectivity index (χ3v) is 6.98. The summed E-state index contributed by atoms with van der Waals surface area (Å²) in [6, 6.07) is 8.11. The van der Waals surface area contributed by atoms with E-state index in [-0.39, 0.29) is 4.90 Å². The van der Waals surface area contributed by atoms with E-state index < -0.39 is 10.0 Å². The minimum absolute atomic E-state index is 0.217. The maximum atomic E-state index is 12.6. The minimum atomic E-state index is -3.47. The molecule has 0 spiro atoms. The van der Waals surface area contributed by atoms with Crippen LogP contribution >= 0.6 is 0 Å². The Balaban J connectivity index is 1.55. The molecule has 1 N–H and O–H groups in total. The third kappa shape index (κ3) is 4.88. The van der Waals surface area contributed by atoms with Crippen LogP contribution in [0.2, 0.25) is 0 Å². The van der Waals surface area contributed by atoms with Crippen molar-refractivity contribution >= 4 is 10.0 Å². The first-order valence-electron chi connectivity index (χ1n) is 9.30. The number of para-hydroxylation sites is 1. The van der Waals surface area contributed by atoms with Crippen LogP contribution in [0.15, 0.2) is 41.6 Å². The van der Waals surface area contributed by atoms with E-state index >= 15 is 0 Å². The van der Waals surface area contributed by atoms with E-state index in [1.54, 1.807) is 14.2 Å². The van der Waals surface area contributed by atoms with Crippen LogP contribution in [0, 0.1) is 5.92 Å². The lowest BCUT2D eigenvalue weighted by molar-refractivity contribution is 0.163. The van der Waals surface area contributed by atoms with E-state index in [4.69, 9.17) is 4.74 Å². The zero-order valence-corrected chi connectivity index (χ0v) is 16.8. The number of H-pyrrole nitrogens is 1. The Kier molecular flexibility index (Phi) is 6.51. The fraction of sp³-hybridized carbons (Fsp3) is 0.526. The Morgan fingerprint density at radius 1 is 1.37 bits per heavy atom. The van der Waals surface area contributed by atoms with Gasteiger partial charge in [0.2, 0.25) is 10.0 Å². The lowest BCUT2D eigenvalue weighted by Gasteiger charge is -2.34. The summed E-state index contributed by atoms with van der Waals surface area (Å²) in [5, 5.41) is 6.32. The van der Waals surface area contributed by atoms with E-state index in [2.05, 4.69) is 21.2 Å². The van der Waals surface area contributed by atoms with Crippen molar-refractivity contribution in [3.05, 3.63) is 42.2 Å². The Hall–Kier alpha value is -1.90. The van der Waals surface area contributed by atoms with Crippen LogP contribution in [-0.4, -0.2) is 68.2 Å². The topological polar surface area (TPSA) is 78.5 Å². The number of nitrogens with zero attached hydrogens (tertiary/aromatic N) is 3. The summed E-state index contributed by atoms with van der Waals surface area (Å²) in [5.74, 6) is 1.26. The fourth-order valence-corrected chi connectivity index (χ4v) is 4.87. The van der Waals surface area contributed by atoms with Crippen LogP contribution in [0.5, 0.6) is 5.75 Å². The summed E-state index contributed by atoms with van der Waals surface area (Å²) in [6.45, 7) is 3.46. The van der Waals surface area contributed by atoms with Gasteiger partial charge in [0.05, 0.1) is 13.3 Å². The molecular weight excluding hydrogens is 364 g/mol. The second kappa shape index (κ2) is 8.86. The molecule has 148 valence electrons. The highest BCUT2D eigenvalue weighted by Gasteiger charge is 2.27. The van der Waals surface area contributed by atoms with E-state index in [0.29, 0.717) is 12.5 Å². The predicted molar refractivity (Wildman–Crippen MR) is 104 cm³/mol. The summed E-state index contributed by atoms with van der Waals surface area (Å²) >= 11 is 0. The summed E-state index contributed by atoms with van der Waals surface area (Å²) in [5.41, 5.74) is 1.21. The molecule has 1 aliphatic heterocycles. The second-order valence-electron chi connectivity index (χ2n) is 7.09. The smallest absolute Gasteiger partial charge is 0.245 e. The highest BCUT2D eigenvalue weighted by Crippen LogP contribution is 2.22. The van der Waals surface area contributed by atoms with Gasteiger partial charge in [-0.05, 0) is 43.4 Å². The maximum absolute atomic E-state index is 12.6. The van der Waals surface area contributed by atoms with Crippen LogP contribution in [0.1, 0.15) is 18.4 Å². The van der Waals surface area contributed by atoms with E-state index in [1.165, 1.54) is 22.3 Å². The number of hydrogen-bond donors (Lipinski definition) is 1. The zero-order valence-electron chi connectivity index (χ0n) is 16.0. The first kappa shape index (κ1) is 19.9. The van der Waals surface area contributed by atoms with E-state index in [0.717, 1.165) is 44.6 Å². The van der Waals surface area contributed by atoms with Crippen LogP contribution in [0.25, 0.3) is 0 Å². The number of likely N-dealkylation sites (tertiary alicyclic amines) is 1. The zero-order chi connectivity index (χ0) is 19.3. The molecule has 2 aromatic rings. The Labute approximate surface area is 161 Å². The van der Waals surface area contributed by atoms with Crippen LogP contribution in [0.3, 0.4) is 0 Å². The summed E-state index contributed by atoms with van der Waals surface area (Å²) in [6.07, 6.45) is 5.85. The van der Waals surface area contributed by atoms with Gasteiger partial charge in [0.15, 0.2) is 0 Å². The molecule has 1 atom stereocenters. The van der Waals surface area contributed by atoms with Gasteiger partial charge >= 0.3 is 0 Å². The highest BCUT2D eigenvalue weighted by atomic mass is 32.2. The molecule has 1 aromatic heterocycles. The highest BCUT2D eigenvalue weighted by molar-refractivity contribution is 7.89. The molecule has 7 nitrogen and oxygen atoms in total. The molecule has 1 saturated heterocycles. The number of benzene rings is 1. The van der Waals surface area contributed by atoms with Gasteiger partial charge in [0.1, 0.15) is 10.6 Å². The van der Waals surface area contributed by atoms with Crippen molar-refractivity contribution in [1.29, 1.82) is 0 Å². The second-order valence-corrected chi connectivity index (χ2v) is 9.14. The van der Waals surface area contributed by atoms with Crippen LogP contribution < -0.4 is 4.74 Å². The molecule has 0 aliphatic carbocycles. The number of nitrogens with one attached hydrogen (secondary N) is 1. The quantitative estimate of drug-likeness (QED) is 0.743. The molecule has 1 aliphatic rings. The Bertz CT molecular complexity index is 823. The molecule has 0 unspecified atom stereocenters. The van der Waals surface area contributed by atoms with Crippen LogP contribution in [-0.2, 0) is 16.4 Å². The first-order chi connectivity index (χ1) is 13.0. The molecule has 1 fully saturated rings. The maximum Gasteiger partial charge on any atom is 0.245 e. The van der Waals surface area contributed by atoms with Crippen molar-refractivity contribution in [2.24, 2.45) is 5.92 Å². The van der Waals surface area contributed by atoms with E-state index in [1.807, 2.05) is 18.2 Å². The number of piperidine rings is 1. The minimum Gasteiger partial charge on any atom is -0.496 e. The van der Waals surface area contributed by atoms with Crippen LogP contribution in [0.4, 0.5) is 0 Å². The van der Waals surface area contributed by atoms with Gasteiger partial charge in [-0.3, -0.25) is 5.10 Å². The van der Waals surface area contributed by atoms with Gasteiger partial charge in [-0.15, -0.1) is 0 Å². The van der Waals surface area contributed by atoms with Gasteiger partial charge in [-0.25, -0.2) is 12.7 Å². The van der Waals surface area contributed by atoms with Gasteiger partial charge in [-0.1, -0.05) is 18.2 Å². The first-order valence-corrected chi connectivity index (χ1v) is 10.7. The Morgan fingerprint density at radius 3 is 2.93 bits per heavy atom. The number of sulfonamides is 1. The lowest BCUT2D eigenvalue weighted by Crippen LogP contribution is -2.42. The average Bonchev–Trinajstić information content (AvgIpc) is 3.22. The molecule has 0 radical (unpaired) electrons. The monoisotopic (exact) mass is 392 g/mol. The van der Waals surface area contributed by atoms with E-state index in [9.17, 15) is 8.42 Å². The number of hydrogen-bond acceptors (Lipinski definition) is 5. The average molecular weight is 393 g/mol. The molecule has 27 heavy (non-hydrogen) atoms. The number of aromatic nitrogens is 2. The fourth-order valence-electron chi connectivity index (χ4n) is 3.71. The number of methoxy groups -OCH3 is 1. The van der Waals surface area contributed by atoms with Gasteiger partial charge < -0.3 is 9.64 Å². The molecule has 0 bridgehead atoms. The Morgan fingerprint density at radius 2 is 2.19 bits per heavy atom.